The topological polar surface area (TPSA) is 266 Å². The highest BCUT2D eigenvalue weighted by atomic mass is 32.2. The minimum absolute atomic E-state index is 0.107. The molecule has 0 fully saturated rings. The van der Waals surface area contributed by atoms with E-state index in [0.717, 1.165) is 102 Å². The van der Waals surface area contributed by atoms with Gasteiger partial charge in [0.05, 0.1) is 60.3 Å². The zero-order chi connectivity index (χ0) is 66.1. The van der Waals surface area contributed by atoms with Gasteiger partial charge in [0.25, 0.3) is 11.8 Å². The van der Waals surface area contributed by atoms with E-state index in [9.17, 15) is 32.7 Å². The predicted molar refractivity (Wildman–Crippen MR) is 349 cm³/mol. The fourth-order valence-electron chi connectivity index (χ4n) is 13.7. The Bertz CT molecular complexity index is 4000. The molecule has 0 bridgehead atoms. The first-order valence-electron chi connectivity index (χ1n) is 31.5. The van der Waals surface area contributed by atoms with Gasteiger partial charge in [0.1, 0.15) is 17.2 Å². The predicted octanol–water partition coefficient (Wildman–Crippen LogP) is 10.1. The molecule has 492 valence electrons. The smallest absolute Gasteiger partial charge is 0.412 e. The molecule has 4 aliphatic heterocycles. The summed E-state index contributed by atoms with van der Waals surface area (Å²) in [5, 5.41) is 22.6. The van der Waals surface area contributed by atoms with Gasteiger partial charge >= 0.3 is 12.2 Å². The van der Waals surface area contributed by atoms with Crippen molar-refractivity contribution in [2.24, 2.45) is 0 Å². The number of hydrogen-bond acceptors (Lipinski definition) is 18. The highest BCUT2D eigenvalue weighted by Gasteiger charge is 2.47. The van der Waals surface area contributed by atoms with Crippen LogP contribution in [-0.2, 0) is 87.5 Å². The van der Waals surface area contributed by atoms with Gasteiger partial charge in [-0.1, -0.05) is 37.7 Å². The maximum Gasteiger partial charge on any atom is 0.412 e. The van der Waals surface area contributed by atoms with E-state index >= 15 is 0 Å². The number of sulfone groups is 1. The Labute approximate surface area is 542 Å². The Balaban J connectivity index is 0.000000189. The molecule has 2 spiro atoms. The number of nitrogens with zero attached hydrogens (tertiary/aromatic N) is 13. The number of aryl methyl sites for hydroxylation is 2. The lowest BCUT2D eigenvalue weighted by molar-refractivity contribution is -0.0873. The Morgan fingerprint density at radius 3 is 1.67 bits per heavy atom. The number of aromatic nitrogens is 8. The van der Waals surface area contributed by atoms with Gasteiger partial charge in [0, 0.05) is 102 Å². The van der Waals surface area contributed by atoms with Gasteiger partial charge in [-0.15, -0.1) is 0 Å². The number of carbonyl (C=O) groups excluding carboxylic acids is 3. The van der Waals surface area contributed by atoms with Gasteiger partial charge in [-0.05, 0) is 157 Å². The summed E-state index contributed by atoms with van der Waals surface area (Å²) in [4.78, 5) is 78.4. The number of hydrogen-bond donors (Lipinski definition) is 2. The zero-order valence-corrected chi connectivity index (χ0v) is 57.0. The molecule has 8 heterocycles. The fraction of sp³-hybridized carbons (Fsp3) is 0.545. The van der Waals surface area contributed by atoms with Crippen LogP contribution < -0.4 is 20.0 Å². The fourth-order valence-corrected chi connectivity index (χ4v) is 14.6. The van der Waals surface area contributed by atoms with Gasteiger partial charge in [0.15, 0.2) is 16.5 Å². The van der Waals surface area contributed by atoms with Crippen molar-refractivity contribution in [2.45, 2.75) is 191 Å². The molecule has 4 atom stereocenters. The normalized spacial score (nSPS) is 21.0. The maximum absolute atomic E-state index is 12.9. The summed E-state index contributed by atoms with van der Waals surface area (Å²) in [7, 11) is 3.11. The van der Waals surface area contributed by atoms with E-state index in [0.29, 0.717) is 97.4 Å². The zero-order valence-electron chi connectivity index (χ0n) is 55.3. The third kappa shape index (κ3) is 13.2. The van der Waals surface area contributed by atoms with E-state index in [-0.39, 0.29) is 29.5 Å². The molecule has 2 aromatic carbocycles. The van der Waals surface area contributed by atoms with Crippen LogP contribution in [-0.4, -0.2) is 152 Å². The van der Waals surface area contributed by atoms with Gasteiger partial charge in [-0.3, -0.25) is 29.2 Å². The van der Waals surface area contributed by atoms with E-state index in [1.165, 1.54) is 27.1 Å². The van der Waals surface area contributed by atoms with Crippen LogP contribution >= 0.6 is 11.8 Å². The molecule has 0 radical (unpaired) electrons. The number of ether oxygens (including phenoxy) is 3. The van der Waals surface area contributed by atoms with Gasteiger partial charge in [0.2, 0.25) is 15.0 Å². The molecule has 26 heteroatoms. The van der Waals surface area contributed by atoms with Crippen molar-refractivity contribution in [3.8, 4) is 0 Å². The first-order chi connectivity index (χ1) is 43.3. The first-order valence-corrected chi connectivity index (χ1v) is 34.7. The molecule has 4 aromatic heterocycles. The number of benzene rings is 2. The van der Waals surface area contributed by atoms with Gasteiger partial charge in [-0.25, -0.2) is 37.9 Å². The standard InChI is InChI=1S/C33H43N7O6S.C33H43N7O4S/c1-20-11-12-33(25-15-21(9-10-23(20)25)34-31(42)46-32(2,3)4)17-27-24(19-45-33)28(36-30(35-27)47(7,43)44)39-13-8-14-40-22(18-39)16-26(37-40)29(41)38(5)6;1-20-11-12-33(25-15-21(9-10-23(20)25)40(31(42)43)32(2,3)4)17-27-24(19-44-33)28(35-30(34-27)45-7)38-13-8-14-39-22(18-38)16-26(36-39)29(41)37(5)6/h9-10,15-16,20H,8,11-14,17-19H2,1-7H3,(H,34,42);9-10,15-16,20H,8,11-14,17-19H2,1-7H3,(H,42,43)/t2*20-,33+/m00/s1. The van der Waals surface area contributed by atoms with Gasteiger partial charge < -0.3 is 38.9 Å². The summed E-state index contributed by atoms with van der Waals surface area (Å²) in [6.07, 6.45) is 7.50. The second kappa shape index (κ2) is 25.0. The van der Waals surface area contributed by atoms with Crippen LogP contribution in [0, 0.1) is 0 Å². The van der Waals surface area contributed by atoms with E-state index in [1.54, 1.807) is 39.2 Å². The highest BCUT2D eigenvalue weighted by molar-refractivity contribution is 7.98. The number of rotatable bonds is 8. The molecule has 0 saturated heterocycles. The molecule has 0 saturated carbocycles. The molecular weight excluding hydrogens is 1210 g/mol. The average Bonchev–Trinajstić information content (AvgIpc) is 0.880. The Kier molecular flexibility index (Phi) is 17.9. The first kappa shape index (κ1) is 65.8. The molecule has 6 aliphatic rings. The lowest BCUT2D eigenvalue weighted by Crippen LogP contribution is -2.46. The molecular formula is C66H86N14O10S2. The van der Waals surface area contributed by atoms with E-state index in [2.05, 4.69) is 50.3 Å². The summed E-state index contributed by atoms with van der Waals surface area (Å²) in [6, 6.07) is 15.6. The summed E-state index contributed by atoms with van der Waals surface area (Å²) in [6.45, 7) is 19.8. The molecule has 4 amide bonds. The van der Waals surface area contributed by atoms with Crippen molar-refractivity contribution in [2.75, 3.05) is 73.8 Å². The van der Waals surface area contributed by atoms with Crippen LogP contribution in [0.15, 0.2) is 58.8 Å². The number of thioether (sulfide) groups is 1. The number of fused-ring (bicyclic) bond motifs is 8. The monoisotopic (exact) mass is 1300 g/mol. The Morgan fingerprint density at radius 1 is 0.696 bits per heavy atom. The summed E-state index contributed by atoms with van der Waals surface area (Å²) < 4.78 is 48.8. The van der Waals surface area contributed by atoms with Crippen molar-refractivity contribution in [3.63, 3.8) is 0 Å². The SMILES string of the molecule is CSc1nc2c(c(N3CCCn4nc(C(=O)N(C)C)cc4C3)n1)CO[C@]1(CC[C@H](C)c3ccc(N(C(=O)O)C(C)(C)C)cc31)C2.C[C@H]1CC[C@@]2(Cc3nc(S(C)(=O)=O)nc(N4CCCn5nc(C(=O)N(C)C)cc5C4)c3CO2)c2cc(NC(=O)OC(C)(C)C)ccc21. The van der Waals surface area contributed by atoms with Crippen LogP contribution in [0.4, 0.5) is 32.6 Å². The second-order valence-corrected chi connectivity index (χ2v) is 30.4. The molecule has 0 unspecified atom stereocenters. The van der Waals surface area contributed by atoms with Crippen LogP contribution in [0.1, 0.15) is 183 Å². The number of nitrogens with one attached hydrogen (secondary N) is 1. The van der Waals surface area contributed by atoms with Crippen molar-refractivity contribution < 1.29 is 46.9 Å². The van der Waals surface area contributed by atoms with Crippen molar-refractivity contribution >= 4 is 68.6 Å². The number of carboxylic acid groups (broad SMARTS) is 1. The van der Waals surface area contributed by atoms with Crippen molar-refractivity contribution in [1.29, 1.82) is 0 Å². The number of carbonyl (C=O) groups is 4. The van der Waals surface area contributed by atoms with E-state index in [1.807, 2.05) is 98.5 Å². The second-order valence-electron chi connectivity index (χ2n) is 27.7. The molecule has 12 rings (SSSR count). The van der Waals surface area contributed by atoms with Crippen molar-refractivity contribution in [3.05, 3.63) is 116 Å². The van der Waals surface area contributed by atoms with E-state index < -0.39 is 44.4 Å². The Morgan fingerprint density at radius 2 is 1.20 bits per heavy atom. The number of anilines is 4. The third-order valence-corrected chi connectivity index (χ3v) is 19.6. The highest BCUT2D eigenvalue weighted by Crippen LogP contribution is 2.52. The molecule has 6 aromatic rings. The quantitative estimate of drug-likeness (QED) is 0.106. The van der Waals surface area contributed by atoms with Crippen LogP contribution in [0.2, 0.25) is 0 Å². The largest absolute Gasteiger partial charge is 0.465 e. The van der Waals surface area contributed by atoms with E-state index in [4.69, 9.17) is 24.2 Å². The van der Waals surface area contributed by atoms with Crippen LogP contribution in [0.3, 0.4) is 0 Å². The lowest BCUT2D eigenvalue weighted by atomic mass is 9.71. The molecule has 2 aliphatic carbocycles. The summed E-state index contributed by atoms with van der Waals surface area (Å²) in [5.74, 6) is 1.72. The summed E-state index contributed by atoms with van der Waals surface area (Å²) in [5.41, 5.74) is 8.97. The minimum Gasteiger partial charge on any atom is -0.465 e. The lowest BCUT2D eigenvalue weighted by Gasteiger charge is -2.45. The molecule has 2 N–H and O–H groups in total. The third-order valence-electron chi connectivity index (χ3n) is 18.2. The number of amides is 4. The van der Waals surface area contributed by atoms with Gasteiger partial charge in [-0.2, -0.15) is 10.2 Å². The van der Waals surface area contributed by atoms with Crippen molar-refractivity contribution in [1.82, 2.24) is 49.3 Å². The average molecular weight is 1300 g/mol. The Hall–Kier alpha value is -7.68. The minimum atomic E-state index is -3.75. The van der Waals surface area contributed by atoms with Crippen LogP contribution in [0.25, 0.3) is 0 Å². The molecule has 92 heavy (non-hydrogen) atoms. The maximum atomic E-state index is 12.9. The summed E-state index contributed by atoms with van der Waals surface area (Å²) >= 11 is 1.53. The molecule has 24 nitrogen and oxygen atoms in total. The van der Waals surface area contributed by atoms with Crippen LogP contribution in [0.5, 0.6) is 0 Å².